The molecular weight excluding hydrogens is 384 g/mol. The average Bonchev–Trinajstić information content (AvgIpc) is 2.88. The Balaban J connectivity index is 2.15. The summed E-state index contributed by atoms with van der Waals surface area (Å²) in [6.45, 7) is 4.23. The van der Waals surface area contributed by atoms with Gasteiger partial charge in [0, 0.05) is 11.1 Å². The molecule has 0 aliphatic rings. The summed E-state index contributed by atoms with van der Waals surface area (Å²) < 4.78 is 0. The first-order chi connectivity index (χ1) is 15.8. The van der Waals surface area contributed by atoms with Gasteiger partial charge in [0.25, 0.3) is 0 Å². The molecule has 152 valence electrons. The van der Waals surface area contributed by atoms with Crippen molar-refractivity contribution in [2.75, 3.05) is 0 Å². The molecule has 4 aromatic rings. The normalized spacial score (nSPS) is 11.1. The van der Waals surface area contributed by atoms with Gasteiger partial charge in [-0.05, 0) is 33.4 Å². The number of rotatable bonds is 6. The highest BCUT2D eigenvalue weighted by atomic mass is 14.2. The summed E-state index contributed by atoms with van der Waals surface area (Å²) in [4.78, 5) is 0. The van der Waals surface area contributed by atoms with Crippen LogP contribution in [0.25, 0.3) is 16.7 Å². The zero-order valence-corrected chi connectivity index (χ0v) is 17.9. The molecule has 0 atom stereocenters. The molecule has 0 heterocycles. The Morgan fingerprint density at radius 2 is 0.938 bits per heavy atom. The highest BCUT2D eigenvalue weighted by Gasteiger charge is 2.19. The van der Waals surface area contributed by atoms with Crippen molar-refractivity contribution in [3.8, 4) is 12.3 Å². The third-order valence-electron chi connectivity index (χ3n) is 5.39. The maximum Gasteiger partial charge on any atom is 0.0399 e. The van der Waals surface area contributed by atoms with Crippen LogP contribution in [0.2, 0.25) is 0 Å². The molecule has 0 saturated heterocycles. The Morgan fingerprint density at radius 1 is 0.562 bits per heavy atom. The number of hydrogen-bond acceptors (Lipinski definition) is 0. The maximum absolute atomic E-state index is 6.15. The standard InChI is InChI=1S/C32H24/c1-3-29(25-17-9-5-10-18-25)32(28-23-15-8-16-24-28)30(4-2)31(26-19-11-6-12-20-26)27-21-13-7-14-22-27/h1,4-24H,2H2/b32-29+. The van der Waals surface area contributed by atoms with Crippen LogP contribution in [0.15, 0.2) is 140 Å². The molecule has 0 N–H and O–H groups in total. The molecule has 4 rings (SSSR count). The molecule has 0 nitrogen and oxygen atoms in total. The summed E-state index contributed by atoms with van der Waals surface area (Å²) in [5, 5.41) is 0. The summed E-state index contributed by atoms with van der Waals surface area (Å²) in [7, 11) is 0. The number of benzene rings is 4. The Morgan fingerprint density at radius 3 is 1.31 bits per heavy atom. The molecule has 0 aromatic heterocycles. The molecule has 0 bridgehead atoms. The predicted octanol–water partition coefficient (Wildman–Crippen LogP) is 7.92. The van der Waals surface area contributed by atoms with E-state index in [9.17, 15) is 0 Å². The second-order valence-electron chi connectivity index (χ2n) is 7.35. The highest BCUT2D eigenvalue weighted by molar-refractivity contribution is 6.09. The van der Waals surface area contributed by atoms with Crippen LogP contribution in [0.5, 0.6) is 0 Å². The first kappa shape index (κ1) is 20.9. The van der Waals surface area contributed by atoms with E-state index in [2.05, 4.69) is 85.3 Å². The summed E-state index contributed by atoms with van der Waals surface area (Å²) in [6.07, 6.45) is 8.08. The van der Waals surface area contributed by atoms with Crippen molar-refractivity contribution in [2.24, 2.45) is 0 Å². The van der Waals surface area contributed by atoms with Gasteiger partial charge in [-0.3, -0.25) is 0 Å². The van der Waals surface area contributed by atoms with E-state index in [0.717, 1.165) is 44.5 Å². The Kier molecular flexibility index (Phi) is 6.61. The minimum absolute atomic E-state index is 0.844. The van der Waals surface area contributed by atoms with E-state index in [1.54, 1.807) is 0 Å². The maximum atomic E-state index is 6.15. The van der Waals surface area contributed by atoms with Gasteiger partial charge in [-0.25, -0.2) is 0 Å². The molecular formula is C32H24. The van der Waals surface area contributed by atoms with Crippen LogP contribution in [0.3, 0.4) is 0 Å². The van der Waals surface area contributed by atoms with Gasteiger partial charge in [-0.1, -0.05) is 140 Å². The van der Waals surface area contributed by atoms with Crippen LogP contribution in [0.1, 0.15) is 22.3 Å². The lowest BCUT2D eigenvalue weighted by molar-refractivity contribution is 1.50. The van der Waals surface area contributed by atoms with Gasteiger partial charge in [-0.15, -0.1) is 6.42 Å². The Hall–Kier alpha value is -4.34. The molecule has 0 heteroatoms. The van der Waals surface area contributed by atoms with Crippen LogP contribution < -0.4 is 0 Å². The second-order valence-corrected chi connectivity index (χ2v) is 7.35. The first-order valence-corrected chi connectivity index (χ1v) is 10.6. The fourth-order valence-electron chi connectivity index (χ4n) is 3.96. The summed E-state index contributed by atoms with van der Waals surface area (Å²) >= 11 is 0. The van der Waals surface area contributed by atoms with E-state index in [1.807, 2.05) is 54.6 Å². The monoisotopic (exact) mass is 408 g/mol. The molecule has 0 spiro atoms. The predicted molar refractivity (Wildman–Crippen MR) is 138 cm³/mol. The van der Waals surface area contributed by atoms with Gasteiger partial charge in [0.2, 0.25) is 0 Å². The van der Waals surface area contributed by atoms with Crippen molar-refractivity contribution in [2.45, 2.75) is 0 Å². The van der Waals surface area contributed by atoms with Crippen molar-refractivity contribution >= 4 is 16.7 Å². The third-order valence-corrected chi connectivity index (χ3v) is 5.39. The van der Waals surface area contributed by atoms with Crippen LogP contribution >= 0.6 is 0 Å². The average molecular weight is 409 g/mol. The zero-order valence-electron chi connectivity index (χ0n) is 17.9. The minimum atomic E-state index is 0.844. The van der Waals surface area contributed by atoms with Crippen LogP contribution in [0, 0.1) is 12.3 Å². The fourth-order valence-corrected chi connectivity index (χ4v) is 3.96. The topological polar surface area (TPSA) is 0 Å². The van der Waals surface area contributed by atoms with Crippen molar-refractivity contribution < 1.29 is 0 Å². The highest BCUT2D eigenvalue weighted by Crippen LogP contribution is 2.39. The molecule has 0 radical (unpaired) electrons. The van der Waals surface area contributed by atoms with Crippen LogP contribution in [-0.2, 0) is 0 Å². The van der Waals surface area contributed by atoms with E-state index in [1.165, 1.54) is 0 Å². The summed E-state index contributed by atoms with van der Waals surface area (Å²) in [5.74, 6) is 2.99. The summed E-state index contributed by atoms with van der Waals surface area (Å²) in [5.41, 5.74) is 8.25. The van der Waals surface area contributed by atoms with Gasteiger partial charge in [0.15, 0.2) is 0 Å². The molecule has 0 amide bonds. The van der Waals surface area contributed by atoms with Crippen LogP contribution in [-0.4, -0.2) is 0 Å². The molecule has 0 saturated carbocycles. The van der Waals surface area contributed by atoms with E-state index in [4.69, 9.17) is 6.42 Å². The van der Waals surface area contributed by atoms with Crippen molar-refractivity contribution in [1.82, 2.24) is 0 Å². The molecule has 0 aliphatic carbocycles. The minimum Gasteiger partial charge on any atom is -0.115 e. The lowest BCUT2D eigenvalue weighted by Gasteiger charge is -2.20. The second kappa shape index (κ2) is 10.1. The van der Waals surface area contributed by atoms with Crippen molar-refractivity contribution in [1.29, 1.82) is 0 Å². The van der Waals surface area contributed by atoms with Crippen molar-refractivity contribution in [3.05, 3.63) is 162 Å². The van der Waals surface area contributed by atoms with Gasteiger partial charge in [0.1, 0.15) is 0 Å². The summed E-state index contributed by atoms with van der Waals surface area (Å²) in [6, 6.07) is 41.3. The van der Waals surface area contributed by atoms with E-state index < -0.39 is 0 Å². The van der Waals surface area contributed by atoms with Gasteiger partial charge >= 0.3 is 0 Å². The largest absolute Gasteiger partial charge is 0.115 e. The smallest absolute Gasteiger partial charge is 0.0399 e. The Bertz CT molecular complexity index is 1240. The lowest BCUT2D eigenvalue weighted by atomic mass is 9.83. The molecule has 4 aromatic carbocycles. The SMILES string of the molecule is C#C/C(=C(\C(C=C)=C(c1ccccc1)c1ccccc1)c1ccccc1)c1ccccc1. The molecule has 32 heavy (non-hydrogen) atoms. The van der Waals surface area contributed by atoms with Gasteiger partial charge < -0.3 is 0 Å². The van der Waals surface area contributed by atoms with Gasteiger partial charge in [0.05, 0.1) is 0 Å². The Labute approximate surface area is 190 Å². The fraction of sp³-hybridized carbons (Fsp3) is 0. The number of allylic oxidation sites excluding steroid dienone is 4. The first-order valence-electron chi connectivity index (χ1n) is 10.6. The molecule has 0 aliphatic heterocycles. The lowest BCUT2D eigenvalue weighted by Crippen LogP contribution is -1.99. The zero-order chi connectivity index (χ0) is 22.2. The quantitative estimate of drug-likeness (QED) is 0.173. The van der Waals surface area contributed by atoms with E-state index >= 15 is 0 Å². The number of terminal acetylenes is 1. The molecule has 0 fully saturated rings. The van der Waals surface area contributed by atoms with Crippen LogP contribution in [0.4, 0.5) is 0 Å². The number of hydrogen-bond donors (Lipinski definition) is 0. The van der Waals surface area contributed by atoms with Crippen molar-refractivity contribution in [3.63, 3.8) is 0 Å². The van der Waals surface area contributed by atoms with E-state index in [0.29, 0.717) is 0 Å². The van der Waals surface area contributed by atoms with Gasteiger partial charge in [-0.2, -0.15) is 0 Å². The third kappa shape index (κ3) is 4.38. The van der Waals surface area contributed by atoms with E-state index in [-0.39, 0.29) is 0 Å². The molecule has 0 unspecified atom stereocenters.